The molecule has 0 atom stereocenters. The number of hydrogen-bond donors (Lipinski definition) is 2. The molecular formula is C9H7FN2O2. The van der Waals surface area contributed by atoms with Crippen LogP contribution in [0.2, 0.25) is 0 Å². The van der Waals surface area contributed by atoms with Gasteiger partial charge in [-0.2, -0.15) is 0 Å². The van der Waals surface area contributed by atoms with Gasteiger partial charge in [-0.05, 0) is 18.6 Å². The Labute approximate surface area is 77.4 Å². The summed E-state index contributed by atoms with van der Waals surface area (Å²) in [5, 5.41) is -0.107. The van der Waals surface area contributed by atoms with Gasteiger partial charge in [-0.3, -0.25) is 9.78 Å². The van der Waals surface area contributed by atoms with Gasteiger partial charge in [0.05, 0.1) is 10.9 Å². The summed E-state index contributed by atoms with van der Waals surface area (Å²) in [6.07, 6.45) is 0. The summed E-state index contributed by atoms with van der Waals surface area (Å²) in [6, 6.07) is 2.71. The van der Waals surface area contributed by atoms with Crippen molar-refractivity contribution in [2.45, 2.75) is 6.92 Å². The fourth-order valence-electron chi connectivity index (χ4n) is 1.37. The molecule has 0 aliphatic heterocycles. The van der Waals surface area contributed by atoms with E-state index in [4.69, 9.17) is 0 Å². The SMILES string of the molecule is Cc1ccc(F)c2c(=O)[nH]c(=O)[nH]c12. The van der Waals surface area contributed by atoms with E-state index >= 15 is 0 Å². The van der Waals surface area contributed by atoms with Crippen LogP contribution in [0.3, 0.4) is 0 Å². The number of hydrogen-bond acceptors (Lipinski definition) is 2. The van der Waals surface area contributed by atoms with E-state index < -0.39 is 17.1 Å². The molecule has 0 aliphatic rings. The van der Waals surface area contributed by atoms with Crippen LogP contribution in [0.4, 0.5) is 4.39 Å². The molecule has 4 nitrogen and oxygen atoms in total. The minimum atomic E-state index is -0.704. The van der Waals surface area contributed by atoms with Crippen molar-refractivity contribution in [1.82, 2.24) is 9.97 Å². The van der Waals surface area contributed by atoms with Gasteiger partial charge in [-0.15, -0.1) is 0 Å². The maximum absolute atomic E-state index is 13.2. The molecule has 72 valence electrons. The molecule has 1 heterocycles. The quantitative estimate of drug-likeness (QED) is 0.647. The molecule has 2 aromatic rings. The zero-order valence-corrected chi connectivity index (χ0v) is 7.35. The molecule has 0 saturated heterocycles. The van der Waals surface area contributed by atoms with E-state index in [1.807, 2.05) is 4.98 Å². The monoisotopic (exact) mass is 194 g/mol. The minimum absolute atomic E-state index is 0.107. The van der Waals surface area contributed by atoms with Crippen LogP contribution in [0, 0.1) is 12.7 Å². The summed E-state index contributed by atoms with van der Waals surface area (Å²) in [5.74, 6) is -0.636. The third-order valence-corrected chi connectivity index (χ3v) is 2.06. The fourth-order valence-corrected chi connectivity index (χ4v) is 1.37. The van der Waals surface area contributed by atoms with Crippen molar-refractivity contribution in [1.29, 1.82) is 0 Å². The van der Waals surface area contributed by atoms with Crippen LogP contribution in [0.1, 0.15) is 5.56 Å². The zero-order valence-electron chi connectivity index (χ0n) is 7.35. The van der Waals surface area contributed by atoms with Crippen molar-refractivity contribution in [3.05, 3.63) is 44.4 Å². The average Bonchev–Trinajstić information content (AvgIpc) is 2.10. The Bertz CT molecular complexity index is 612. The number of H-pyrrole nitrogens is 2. The van der Waals surface area contributed by atoms with Crippen LogP contribution >= 0.6 is 0 Å². The number of rotatable bonds is 0. The highest BCUT2D eigenvalue weighted by molar-refractivity contribution is 5.80. The second kappa shape index (κ2) is 2.80. The second-order valence-electron chi connectivity index (χ2n) is 3.02. The maximum Gasteiger partial charge on any atom is 0.326 e. The third kappa shape index (κ3) is 1.14. The Morgan fingerprint density at radius 1 is 1.21 bits per heavy atom. The van der Waals surface area contributed by atoms with Crippen LogP contribution in [0.25, 0.3) is 10.9 Å². The summed E-state index contributed by atoms with van der Waals surface area (Å²) in [5.41, 5.74) is -0.426. The number of aromatic amines is 2. The van der Waals surface area contributed by atoms with Gasteiger partial charge in [0.25, 0.3) is 5.56 Å². The Hall–Kier alpha value is -1.91. The van der Waals surface area contributed by atoms with Gasteiger partial charge in [-0.1, -0.05) is 6.07 Å². The van der Waals surface area contributed by atoms with Crippen LogP contribution in [-0.2, 0) is 0 Å². The molecule has 0 spiro atoms. The third-order valence-electron chi connectivity index (χ3n) is 2.06. The maximum atomic E-state index is 13.2. The van der Waals surface area contributed by atoms with Gasteiger partial charge in [0.1, 0.15) is 5.82 Å². The fraction of sp³-hybridized carbons (Fsp3) is 0.111. The Morgan fingerprint density at radius 3 is 2.64 bits per heavy atom. The summed E-state index contributed by atoms with van der Waals surface area (Å²) in [6.45, 7) is 1.69. The molecule has 5 heteroatoms. The van der Waals surface area contributed by atoms with E-state index in [0.29, 0.717) is 5.56 Å². The number of fused-ring (bicyclic) bond motifs is 1. The van der Waals surface area contributed by atoms with E-state index in [-0.39, 0.29) is 10.9 Å². The van der Waals surface area contributed by atoms with Crippen molar-refractivity contribution >= 4 is 10.9 Å². The number of aromatic nitrogens is 2. The number of aryl methyl sites for hydroxylation is 1. The van der Waals surface area contributed by atoms with Crippen LogP contribution in [0.15, 0.2) is 21.7 Å². The van der Waals surface area contributed by atoms with Crippen LogP contribution in [0.5, 0.6) is 0 Å². The van der Waals surface area contributed by atoms with Crippen molar-refractivity contribution in [2.75, 3.05) is 0 Å². The Kier molecular flexibility index (Phi) is 1.73. The lowest BCUT2D eigenvalue weighted by Crippen LogP contribution is -2.23. The topological polar surface area (TPSA) is 65.7 Å². The molecule has 0 saturated carbocycles. The molecule has 0 radical (unpaired) electrons. The second-order valence-corrected chi connectivity index (χ2v) is 3.02. The highest BCUT2D eigenvalue weighted by atomic mass is 19.1. The first-order chi connectivity index (χ1) is 6.59. The van der Waals surface area contributed by atoms with E-state index in [0.717, 1.165) is 0 Å². The number of halogens is 1. The summed E-state index contributed by atoms with van der Waals surface area (Å²) in [7, 11) is 0. The predicted molar refractivity (Wildman–Crippen MR) is 49.9 cm³/mol. The van der Waals surface area contributed by atoms with E-state index in [9.17, 15) is 14.0 Å². The molecule has 14 heavy (non-hydrogen) atoms. The molecule has 2 rings (SSSR count). The first-order valence-corrected chi connectivity index (χ1v) is 4.01. The molecule has 0 fully saturated rings. The smallest absolute Gasteiger partial charge is 0.306 e. The normalized spacial score (nSPS) is 10.7. The van der Waals surface area contributed by atoms with Crippen LogP contribution in [-0.4, -0.2) is 9.97 Å². The van der Waals surface area contributed by atoms with Crippen molar-refractivity contribution in [2.24, 2.45) is 0 Å². The molecule has 0 aliphatic carbocycles. The minimum Gasteiger partial charge on any atom is -0.306 e. The summed E-state index contributed by atoms with van der Waals surface area (Å²) < 4.78 is 13.2. The van der Waals surface area contributed by atoms with E-state index in [1.165, 1.54) is 12.1 Å². The standard InChI is InChI=1S/C9H7FN2O2/c1-4-2-3-5(10)6-7(4)11-9(14)12-8(6)13/h2-3H,1H3,(H2,11,12,13,14). The van der Waals surface area contributed by atoms with Crippen molar-refractivity contribution in [3.63, 3.8) is 0 Å². The number of benzene rings is 1. The van der Waals surface area contributed by atoms with Gasteiger partial charge < -0.3 is 4.98 Å². The van der Waals surface area contributed by atoms with Gasteiger partial charge in [0.15, 0.2) is 0 Å². The lowest BCUT2D eigenvalue weighted by Gasteiger charge is -2.00. The molecule has 0 unspecified atom stereocenters. The van der Waals surface area contributed by atoms with Gasteiger partial charge in [0, 0.05) is 0 Å². The van der Waals surface area contributed by atoms with E-state index in [2.05, 4.69) is 4.98 Å². The highest BCUT2D eigenvalue weighted by Crippen LogP contribution is 2.13. The summed E-state index contributed by atoms with van der Waals surface area (Å²) in [4.78, 5) is 26.6. The molecule has 1 aromatic heterocycles. The van der Waals surface area contributed by atoms with Gasteiger partial charge in [-0.25, -0.2) is 9.18 Å². The molecule has 0 bridgehead atoms. The molecule has 2 N–H and O–H groups in total. The number of nitrogens with one attached hydrogen (secondary N) is 2. The van der Waals surface area contributed by atoms with E-state index in [1.54, 1.807) is 6.92 Å². The largest absolute Gasteiger partial charge is 0.326 e. The first kappa shape index (κ1) is 8.68. The highest BCUT2D eigenvalue weighted by Gasteiger charge is 2.07. The Morgan fingerprint density at radius 2 is 1.93 bits per heavy atom. The summed E-state index contributed by atoms with van der Waals surface area (Å²) >= 11 is 0. The van der Waals surface area contributed by atoms with Crippen molar-refractivity contribution < 1.29 is 4.39 Å². The lowest BCUT2D eigenvalue weighted by molar-refractivity contribution is 0.637. The van der Waals surface area contributed by atoms with Gasteiger partial charge in [0.2, 0.25) is 0 Å². The lowest BCUT2D eigenvalue weighted by atomic mass is 10.1. The average molecular weight is 194 g/mol. The molecular weight excluding hydrogens is 187 g/mol. The molecule has 0 amide bonds. The van der Waals surface area contributed by atoms with Crippen LogP contribution < -0.4 is 11.2 Å². The predicted octanol–water partition coefficient (Wildman–Crippen LogP) is 0.664. The van der Waals surface area contributed by atoms with Gasteiger partial charge >= 0.3 is 5.69 Å². The first-order valence-electron chi connectivity index (χ1n) is 4.01. The molecule has 1 aromatic carbocycles. The Balaban J connectivity index is 3.16. The van der Waals surface area contributed by atoms with Crippen molar-refractivity contribution in [3.8, 4) is 0 Å². The zero-order chi connectivity index (χ0) is 10.3.